The van der Waals surface area contributed by atoms with Crippen LogP contribution in [0.5, 0.6) is 0 Å². The predicted octanol–water partition coefficient (Wildman–Crippen LogP) is 0.527. The predicted molar refractivity (Wildman–Crippen MR) is 61.8 cm³/mol. The van der Waals surface area contributed by atoms with Gasteiger partial charge < -0.3 is 20.1 Å². The van der Waals surface area contributed by atoms with Gasteiger partial charge in [0.25, 0.3) is 0 Å². The molecule has 0 bridgehead atoms. The molecule has 0 aliphatic heterocycles. The third kappa shape index (κ3) is 4.22. The fourth-order valence-corrected chi connectivity index (χ4v) is 1.73. The summed E-state index contributed by atoms with van der Waals surface area (Å²) in [7, 11) is 3.03. The van der Waals surface area contributed by atoms with Crippen LogP contribution in [-0.2, 0) is 9.53 Å². The van der Waals surface area contributed by atoms with E-state index in [9.17, 15) is 9.59 Å². The van der Waals surface area contributed by atoms with Gasteiger partial charge in [-0.25, -0.2) is 9.59 Å². The lowest BCUT2D eigenvalue weighted by Gasteiger charge is -2.30. The molecule has 2 amide bonds. The standard InChI is InChI=1S/C11H20N2O4/c1-13(7-8-4-3-5-8)11(16)12-6-9(17-2)10(14)15/h8-9H,3-7H2,1-2H3,(H,12,16)(H,14,15). The first kappa shape index (κ1) is 13.8. The van der Waals surface area contributed by atoms with Gasteiger partial charge in [-0.1, -0.05) is 6.42 Å². The number of amides is 2. The monoisotopic (exact) mass is 244 g/mol. The van der Waals surface area contributed by atoms with E-state index in [1.54, 1.807) is 11.9 Å². The van der Waals surface area contributed by atoms with E-state index in [4.69, 9.17) is 9.84 Å². The van der Waals surface area contributed by atoms with Gasteiger partial charge in [-0.05, 0) is 18.8 Å². The van der Waals surface area contributed by atoms with Crippen LogP contribution in [0, 0.1) is 5.92 Å². The van der Waals surface area contributed by atoms with E-state index in [0.717, 1.165) is 6.54 Å². The van der Waals surface area contributed by atoms with Gasteiger partial charge in [-0.3, -0.25) is 0 Å². The van der Waals surface area contributed by atoms with Crippen molar-refractivity contribution in [3.05, 3.63) is 0 Å². The number of hydrogen-bond donors (Lipinski definition) is 2. The fraction of sp³-hybridized carbons (Fsp3) is 0.818. The summed E-state index contributed by atoms with van der Waals surface area (Å²) in [6.45, 7) is 0.718. The van der Waals surface area contributed by atoms with E-state index in [1.807, 2.05) is 0 Å². The number of rotatable bonds is 6. The number of nitrogens with zero attached hydrogens (tertiary/aromatic N) is 1. The molecule has 0 aromatic heterocycles. The quantitative estimate of drug-likeness (QED) is 0.714. The minimum Gasteiger partial charge on any atom is -0.479 e. The first-order valence-corrected chi connectivity index (χ1v) is 5.79. The first-order chi connectivity index (χ1) is 8.04. The SMILES string of the molecule is COC(CNC(=O)N(C)CC1CCC1)C(=O)O. The highest BCUT2D eigenvalue weighted by Crippen LogP contribution is 2.26. The van der Waals surface area contributed by atoms with Crippen LogP contribution in [-0.4, -0.2) is 55.4 Å². The molecule has 0 radical (unpaired) electrons. The van der Waals surface area contributed by atoms with Crippen molar-refractivity contribution >= 4 is 12.0 Å². The Balaban J connectivity index is 2.24. The molecule has 17 heavy (non-hydrogen) atoms. The fourth-order valence-electron chi connectivity index (χ4n) is 1.73. The first-order valence-electron chi connectivity index (χ1n) is 5.79. The van der Waals surface area contributed by atoms with Crippen molar-refractivity contribution in [2.75, 3.05) is 27.2 Å². The maximum Gasteiger partial charge on any atom is 0.334 e. The van der Waals surface area contributed by atoms with E-state index in [1.165, 1.54) is 26.4 Å². The largest absolute Gasteiger partial charge is 0.479 e. The van der Waals surface area contributed by atoms with Crippen LogP contribution in [0.2, 0.25) is 0 Å². The molecule has 0 aromatic carbocycles. The molecule has 0 heterocycles. The third-order valence-corrected chi connectivity index (χ3v) is 3.10. The van der Waals surface area contributed by atoms with Gasteiger partial charge in [-0.2, -0.15) is 0 Å². The molecule has 2 N–H and O–H groups in total. The summed E-state index contributed by atoms with van der Waals surface area (Å²) in [5, 5.41) is 11.3. The molecular weight excluding hydrogens is 224 g/mol. The Bertz CT molecular complexity index is 279. The van der Waals surface area contributed by atoms with E-state index >= 15 is 0 Å². The number of aliphatic carboxylic acids is 1. The number of carboxylic acids is 1. The summed E-state index contributed by atoms with van der Waals surface area (Å²) in [4.78, 5) is 23.9. The average Bonchev–Trinajstić information content (AvgIpc) is 2.23. The molecule has 1 aliphatic carbocycles. The Labute approximate surface area is 101 Å². The van der Waals surface area contributed by atoms with E-state index < -0.39 is 12.1 Å². The second-order valence-electron chi connectivity index (χ2n) is 4.43. The number of urea groups is 1. The summed E-state index contributed by atoms with van der Waals surface area (Å²) >= 11 is 0. The maximum atomic E-state index is 11.6. The Kier molecular flexibility index (Phi) is 5.21. The maximum absolute atomic E-state index is 11.6. The van der Waals surface area contributed by atoms with Gasteiger partial charge in [-0.15, -0.1) is 0 Å². The second-order valence-corrected chi connectivity index (χ2v) is 4.43. The minimum absolute atomic E-state index is 0.0142. The van der Waals surface area contributed by atoms with Crippen LogP contribution in [0.15, 0.2) is 0 Å². The van der Waals surface area contributed by atoms with Crippen LogP contribution in [0.4, 0.5) is 4.79 Å². The third-order valence-electron chi connectivity index (χ3n) is 3.10. The molecule has 1 rings (SSSR count). The van der Waals surface area contributed by atoms with Crippen LogP contribution in [0.25, 0.3) is 0 Å². The van der Waals surface area contributed by atoms with Crippen molar-refractivity contribution in [3.63, 3.8) is 0 Å². The summed E-state index contributed by atoms with van der Waals surface area (Å²) in [6, 6.07) is -0.250. The van der Waals surface area contributed by atoms with Crippen LogP contribution < -0.4 is 5.32 Å². The van der Waals surface area contributed by atoms with Gasteiger partial charge in [0.05, 0.1) is 6.54 Å². The van der Waals surface area contributed by atoms with Gasteiger partial charge in [0, 0.05) is 20.7 Å². The molecular formula is C11H20N2O4. The van der Waals surface area contributed by atoms with Gasteiger partial charge in [0.1, 0.15) is 0 Å². The zero-order chi connectivity index (χ0) is 12.8. The lowest BCUT2D eigenvalue weighted by molar-refractivity contribution is -0.148. The van der Waals surface area contributed by atoms with Crippen LogP contribution >= 0.6 is 0 Å². The van der Waals surface area contributed by atoms with Gasteiger partial charge in [0.15, 0.2) is 6.10 Å². The Morgan fingerprint density at radius 1 is 1.53 bits per heavy atom. The topological polar surface area (TPSA) is 78.9 Å². The Hall–Kier alpha value is -1.30. The Morgan fingerprint density at radius 2 is 2.18 bits per heavy atom. The number of nitrogens with one attached hydrogen (secondary N) is 1. The molecule has 1 aliphatic rings. The second kappa shape index (κ2) is 6.44. The van der Waals surface area contributed by atoms with Gasteiger partial charge >= 0.3 is 12.0 Å². The molecule has 1 atom stereocenters. The minimum atomic E-state index is -1.07. The number of carboxylic acid groups (broad SMARTS) is 1. The summed E-state index contributed by atoms with van der Waals surface area (Å²) in [5.74, 6) is -0.474. The molecule has 6 nitrogen and oxygen atoms in total. The summed E-state index contributed by atoms with van der Waals surface area (Å²) in [6.07, 6.45) is 2.60. The number of carbonyl (C=O) groups excluding carboxylic acids is 1. The van der Waals surface area contributed by atoms with E-state index in [2.05, 4.69) is 5.32 Å². The lowest BCUT2D eigenvalue weighted by atomic mass is 9.85. The smallest absolute Gasteiger partial charge is 0.334 e. The zero-order valence-electron chi connectivity index (χ0n) is 10.3. The molecule has 1 saturated carbocycles. The molecule has 98 valence electrons. The number of hydrogen-bond acceptors (Lipinski definition) is 3. The highest BCUT2D eigenvalue weighted by molar-refractivity contribution is 5.76. The molecule has 1 fully saturated rings. The molecule has 6 heteroatoms. The average molecular weight is 244 g/mol. The number of ether oxygens (including phenoxy) is 1. The van der Waals surface area contributed by atoms with Crippen molar-refractivity contribution in [1.29, 1.82) is 0 Å². The highest BCUT2D eigenvalue weighted by atomic mass is 16.5. The van der Waals surface area contributed by atoms with Crippen molar-refractivity contribution in [3.8, 4) is 0 Å². The molecule has 1 unspecified atom stereocenters. The van der Waals surface area contributed by atoms with E-state index in [0.29, 0.717) is 5.92 Å². The summed E-state index contributed by atoms with van der Waals surface area (Å²) in [5.41, 5.74) is 0. The zero-order valence-corrected chi connectivity index (χ0v) is 10.3. The number of methoxy groups -OCH3 is 1. The van der Waals surface area contributed by atoms with Crippen LogP contribution in [0.1, 0.15) is 19.3 Å². The van der Waals surface area contributed by atoms with Crippen molar-refractivity contribution < 1.29 is 19.4 Å². The lowest BCUT2D eigenvalue weighted by Crippen LogP contribution is -2.45. The molecule has 0 saturated heterocycles. The normalized spacial score (nSPS) is 17.1. The molecule has 0 aromatic rings. The van der Waals surface area contributed by atoms with Gasteiger partial charge in [0.2, 0.25) is 0 Å². The highest BCUT2D eigenvalue weighted by Gasteiger charge is 2.22. The van der Waals surface area contributed by atoms with Crippen molar-refractivity contribution in [2.24, 2.45) is 5.92 Å². The van der Waals surface area contributed by atoms with E-state index in [-0.39, 0.29) is 12.6 Å². The van der Waals surface area contributed by atoms with Crippen LogP contribution in [0.3, 0.4) is 0 Å². The number of carbonyl (C=O) groups is 2. The van der Waals surface area contributed by atoms with Crippen molar-refractivity contribution in [2.45, 2.75) is 25.4 Å². The summed E-state index contributed by atoms with van der Waals surface area (Å²) < 4.78 is 4.72. The van der Waals surface area contributed by atoms with Crippen molar-refractivity contribution in [1.82, 2.24) is 10.2 Å². The Morgan fingerprint density at radius 3 is 2.59 bits per heavy atom. The molecule has 0 spiro atoms.